The fraction of sp³-hybridized carbons (Fsp3) is 0.364. The first kappa shape index (κ1) is 19.4. The van der Waals surface area contributed by atoms with Gasteiger partial charge in [0.25, 0.3) is 0 Å². The van der Waals surface area contributed by atoms with E-state index in [4.69, 9.17) is 11.6 Å². The van der Waals surface area contributed by atoms with Crippen LogP contribution in [0, 0.1) is 16.7 Å². The van der Waals surface area contributed by atoms with Gasteiger partial charge in [-0.05, 0) is 53.6 Å². The molecular formula is C22H24ClNO3. The van der Waals surface area contributed by atoms with Crippen molar-refractivity contribution in [3.8, 4) is 11.1 Å². The molecule has 142 valence electrons. The van der Waals surface area contributed by atoms with Crippen LogP contribution in [0.25, 0.3) is 11.1 Å². The zero-order valence-electron chi connectivity index (χ0n) is 15.8. The Labute approximate surface area is 164 Å². The lowest BCUT2D eigenvalue weighted by molar-refractivity contribution is -0.147. The van der Waals surface area contributed by atoms with E-state index in [0.29, 0.717) is 23.6 Å². The average Bonchev–Trinajstić information content (AvgIpc) is 2.87. The van der Waals surface area contributed by atoms with E-state index >= 15 is 0 Å². The highest BCUT2D eigenvalue weighted by Gasteiger charge is 2.58. The molecule has 1 aliphatic carbocycles. The second kappa shape index (κ2) is 7.01. The first-order chi connectivity index (χ1) is 12.6. The molecule has 1 saturated carbocycles. The Morgan fingerprint density at radius 1 is 1.00 bits per heavy atom. The monoisotopic (exact) mass is 385 g/mol. The fourth-order valence-corrected chi connectivity index (χ4v) is 4.12. The third-order valence-electron chi connectivity index (χ3n) is 6.35. The van der Waals surface area contributed by atoms with Crippen LogP contribution in [-0.4, -0.2) is 17.0 Å². The Hall–Kier alpha value is -2.33. The van der Waals surface area contributed by atoms with Crippen LogP contribution in [0.4, 0.5) is 5.69 Å². The molecule has 0 radical (unpaired) electrons. The normalized spacial score (nSPS) is 23.8. The van der Waals surface area contributed by atoms with Crippen LogP contribution in [0.5, 0.6) is 0 Å². The lowest BCUT2D eigenvalue weighted by atomic mass is 9.65. The Bertz CT molecular complexity index is 858. The van der Waals surface area contributed by atoms with E-state index in [9.17, 15) is 14.7 Å². The first-order valence-electron chi connectivity index (χ1n) is 9.05. The minimum Gasteiger partial charge on any atom is -0.481 e. The molecular weight excluding hydrogens is 362 g/mol. The molecule has 2 aromatic carbocycles. The minimum absolute atomic E-state index is 0.129. The van der Waals surface area contributed by atoms with Gasteiger partial charge in [0.05, 0.1) is 11.3 Å². The van der Waals surface area contributed by atoms with Crippen molar-refractivity contribution in [1.29, 1.82) is 0 Å². The maximum atomic E-state index is 13.0. The van der Waals surface area contributed by atoms with E-state index in [1.165, 1.54) is 0 Å². The topological polar surface area (TPSA) is 66.4 Å². The molecule has 5 heteroatoms. The number of halogens is 1. The summed E-state index contributed by atoms with van der Waals surface area (Å²) >= 11 is 5.93. The van der Waals surface area contributed by atoms with E-state index in [2.05, 4.69) is 5.32 Å². The van der Waals surface area contributed by atoms with Crippen molar-refractivity contribution < 1.29 is 14.7 Å². The molecule has 3 rings (SSSR count). The highest BCUT2D eigenvalue weighted by Crippen LogP contribution is 2.56. The molecule has 0 bridgehead atoms. The van der Waals surface area contributed by atoms with Gasteiger partial charge in [0, 0.05) is 10.7 Å². The highest BCUT2D eigenvalue weighted by atomic mass is 35.5. The molecule has 0 aliphatic heterocycles. The van der Waals surface area contributed by atoms with Gasteiger partial charge in [-0.2, -0.15) is 0 Å². The number of aliphatic carboxylic acids is 1. The number of benzene rings is 2. The predicted octanol–water partition coefficient (Wildman–Crippen LogP) is 5.47. The van der Waals surface area contributed by atoms with Gasteiger partial charge in [-0.25, -0.2) is 0 Å². The summed E-state index contributed by atoms with van der Waals surface area (Å²) in [7, 11) is 0. The Morgan fingerprint density at radius 2 is 1.52 bits per heavy atom. The van der Waals surface area contributed by atoms with Crippen molar-refractivity contribution in [2.24, 2.45) is 16.7 Å². The number of carboxylic acid groups (broad SMARTS) is 1. The van der Waals surface area contributed by atoms with Crippen LogP contribution >= 0.6 is 11.6 Å². The van der Waals surface area contributed by atoms with Gasteiger partial charge in [-0.3, -0.25) is 9.59 Å². The van der Waals surface area contributed by atoms with E-state index in [-0.39, 0.29) is 5.91 Å². The molecule has 0 saturated heterocycles. The molecule has 4 nitrogen and oxygen atoms in total. The molecule has 0 aromatic heterocycles. The third-order valence-corrected chi connectivity index (χ3v) is 6.60. The van der Waals surface area contributed by atoms with Crippen molar-refractivity contribution in [2.45, 2.75) is 33.6 Å². The van der Waals surface area contributed by atoms with Crippen molar-refractivity contribution in [3.05, 3.63) is 53.6 Å². The van der Waals surface area contributed by atoms with Crippen molar-refractivity contribution >= 4 is 29.2 Å². The zero-order valence-corrected chi connectivity index (χ0v) is 16.5. The average molecular weight is 386 g/mol. The fourth-order valence-electron chi connectivity index (χ4n) is 4.00. The molecule has 0 unspecified atom stereocenters. The molecule has 0 spiro atoms. The number of nitrogens with one attached hydrogen (secondary N) is 1. The van der Waals surface area contributed by atoms with Crippen molar-refractivity contribution in [2.75, 3.05) is 5.32 Å². The van der Waals surface area contributed by atoms with Crippen molar-refractivity contribution in [3.63, 3.8) is 0 Å². The van der Waals surface area contributed by atoms with Crippen LogP contribution in [0.1, 0.15) is 33.6 Å². The van der Waals surface area contributed by atoms with E-state index < -0.39 is 22.7 Å². The molecule has 27 heavy (non-hydrogen) atoms. The summed E-state index contributed by atoms with van der Waals surface area (Å²) in [5.74, 6) is -1.47. The van der Waals surface area contributed by atoms with Crippen LogP contribution in [-0.2, 0) is 9.59 Å². The number of carboxylic acids is 1. The number of anilines is 1. The van der Waals surface area contributed by atoms with Gasteiger partial charge in [0.15, 0.2) is 0 Å². The number of rotatable bonds is 4. The molecule has 0 heterocycles. The summed E-state index contributed by atoms with van der Waals surface area (Å²) in [5.41, 5.74) is 1.43. The second-order valence-corrected chi connectivity index (χ2v) is 8.46. The molecule has 1 fully saturated rings. The van der Waals surface area contributed by atoms with E-state index in [1.54, 1.807) is 0 Å². The number of hydrogen-bond donors (Lipinski definition) is 2. The highest BCUT2D eigenvalue weighted by molar-refractivity contribution is 6.30. The number of hydrogen-bond acceptors (Lipinski definition) is 2. The summed E-state index contributed by atoms with van der Waals surface area (Å²) in [6.07, 6.45) is 1.08. The van der Waals surface area contributed by atoms with Gasteiger partial charge >= 0.3 is 5.97 Å². The Morgan fingerprint density at radius 3 is 2.00 bits per heavy atom. The Balaban J connectivity index is 1.76. The largest absolute Gasteiger partial charge is 0.481 e. The van der Waals surface area contributed by atoms with Gasteiger partial charge in [0.1, 0.15) is 0 Å². The lowest BCUT2D eigenvalue weighted by Gasteiger charge is -2.39. The zero-order chi connectivity index (χ0) is 19.8. The van der Waals surface area contributed by atoms with Gasteiger partial charge in [-0.1, -0.05) is 56.6 Å². The second-order valence-electron chi connectivity index (χ2n) is 8.02. The molecule has 1 amide bonds. The van der Waals surface area contributed by atoms with Crippen LogP contribution < -0.4 is 5.32 Å². The first-order valence-corrected chi connectivity index (χ1v) is 9.43. The molecule has 2 atom stereocenters. The summed E-state index contributed by atoms with van der Waals surface area (Å²) in [5, 5.41) is 13.1. The predicted molar refractivity (Wildman–Crippen MR) is 108 cm³/mol. The van der Waals surface area contributed by atoms with Crippen LogP contribution in [0.3, 0.4) is 0 Å². The minimum atomic E-state index is -0.830. The van der Waals surface area contributed by atoms with Gasteiger partial charge in [0.2, 0.25) is 5.91 Å². The summed E-state index contributed by atoms with van der Waals surface area (Å²) in [6, 6.07) is 15.2. The van der Waals surface area contributed by atoms with E-state index in [1.807, 2.05) is 69.3 Å². The van der Waals surface area contributed by atoms with Gasteiger partial charge < -0.3 is 10.4 Å². The standard InChI is InChI=1S/C22H24ClNO3/c1-21(2)18(19(25)26)12-13-22(21,3)20(27)24-17-10-6-15(7-11-17)14-4-8-16(23)9-5-14/h4-11,18H,12-13H2,1-3H3,(H,24,27)(H,25,26)/t18-,22-/m0/s1. The van der Waals surface area contributed by atoms with Crippen LogP contribution in [0.2, 0.25) is 5.02 Å². The lowest BCUT2D eigenvalue weighted by Crippen LogP contribution is -2.45. The maximum Gasteiger partial charge on any atom is 0.307 e. The molecule has 2 N–H and O–H groups in total. The smallest absolute Gasteiger partial charge is 0.307 e. The summed E-state index contributed by atoms with van der Waals surface area (Å²) < 4.78 is 0. The van der Waals surface area contributed by atoms with Gasteiger partial charge in [-0.15, -0.1) is 0 Å². The Kier molecular flexibility index (Phi) is 5.04. The quantitative estimate of drug-likeness (QED) is 0.733. The number of amides is 1. The summed E-state index contributed by atoms with van der Waals surface area (Å²) in [6.45, 7) is 5.62. The third kappa shape index (κ3) is 3.46. The van der Waals surface area contributed by atoms with Crippen LogP contribution in [0.15, 0.2) is 48.5 Å². The molecule has 2 aromatic rings. The number of carbonyl (C=O) groups is 2. The summed E-state index contributed by atoms with van der Waals surface area (Å²) in [4.78, 5) is 24.5. The molecule has 1 aliphatic rings. The number of carbonyl (C=O) groups excluding carboxylic acids is 1. The van der Waals surface area contributed by atoms with E-state index in [0.717, 1.165) is 11.1 Å². The SMILES string of the molecule is CC1(C)[C@H](C(=O)O)CC[C@@]1(C)C(=O)Nc1ccc(-c2ccc(Cl)cc2)cc1. The maximum absolute atomic E-state index is 13.0. The van der Waals surface area contributed by atoms with Crippen molar-refractivity contribution in [1.82, 2.24) is 0 Å².